The van der Waals surface area contributed by atoms with Crippen molar-refractivity contribution in [3.8, 4) is 0 Å². The second-order valence-corrected chi connectivity index (χ2v) is 8.54. The van der Waals surface area contributed by atoms with E-state index < -0.39 is 0 Å². The van der Waals surface area contributed by atoms with E-state index >= 15 is 0 Å². The van der Waals surface area contributed by atoms with Crippen LogP contribution in [-0.4, -0.2) is 41.9 Å². The maximum absolute atomic E-state index is 13.4. The molecule has 32 heavy (non-hydrogen) atoms. The molecule has 2 atom stereocenters. The predicted molar refractivity (Wildman–Crippen MR) is 126 cm³/mol. The van der Waals surface area contributed by atoms with Gasteiger partial charge in [0.2, 0.25) is 0 Å². The van der Waals surface area contributed by atoms with E-state index in [1.807, 2.05) is 83.8 Å². The van der Waals surface area contributed by atoms with Crippen LogP contribution < -0.4 is 10.2 Å². The fraction of sp³-hybridized carbons (Fsp3) is 0.259. The Bertz CT molecular complexity index is 1100. The van der Waals surface area contributed by atoms with Gasteiger partial charge in [0.05, 0.1) is 0 Å². The molecule has 0 aromatic heterocycles. The van der Waals surface area contributed by atoms with E-state index in [-0.39, 0.29) is 23.9 Å². The topological polar surface area (TPSA) is 52.7 Å². The second kappa shape index (κ2) is 8.97. The number of rotatable bonds is 4. The molecule has 2 heterocycles. The lowest BCUT2D eigenvalue weighted by Gasteiger charge is -2.29. The number of hydrogen-bond donors (Lipinski definition) is 1. The summed E-state index contributed by atoms with van der Waals surface area (Å²) < 4.78 is 0. The first kappa shape index (κ1) is 20.5. The molecule has 0 radical (unpaired) electrons. The molecular formula is C27H27N3O2. The van der Waals surface area contributed by atoms with Crippen LogP contribution in [-0.2, 0) is 6.54 Å². The van der Waals surface area contributed by atoms with E-state index in [1.54, 1.807) is 0 Å². The zero-order chi connectivity index (χ0) is 21.9. The molecule has 5 rings (SSSR count). The fourth-order valence-electron chi connectivity index (χ4n) is 4.93. The van der Waals surface area contributed by atoms with E-state index in [9.17, 15) is 9.59 Å². The summed E-state index contributed by atoms with van der Waals surface area (Å²) in [7, 11) is 0. The lowest BCUT2D eigenvalue weighted by molar-refractivity contribution is 0.0934. The van der Waals surface area contributed by atoms with Gasteiger partial charge in [-0.15, -0.1) is 0 Å². The molecule has 1 N–H and O–H groups in total. The van der Waals surface area contributed by atoms with Crippen LogP contribution in [0.1, 0.15) is 39.1 Å². The van der Waals surface area contributed by atoms with Crippen molar-refractivity contribution in [3.05, 3.63) is 102 Å². The molecule has 1 saturated heterocycles. The number of nitrogens with one attached hydrogen (secondary N) is 1. The van der Waals surface area contributed by atoms with Gasteiger partial charge in [0.25, 0.3) is 11.8 Å². The minimum absolute atomic E-state index is 0.0369. The van der Waals surface area contributed by atoms with Crippen LogP contribution in [0.25, 0.3) is 0 Å². The van der Waals surface area contributed by atoms with Crippen molar-refractivity contribution in [1.29, 1.82) is 0 Å². The van der Waals surface area contributed by atoms with Gasteiger partial charge in [-0.1, -0.05) is 54.6 Å². The SMILES string of the molecule is O=C(NCC1CCC2CN(C(=O)c3ccccc3)c3ccccc3CN12)c1ccccc1. The number of nitrogens with zero attached hydrogens (tertiary/aromatic N) is 2. The first-order valence-electron chi connectivity index (χ1n) is 11.2. The summed E-state index contributed by atoms with van der Waals surface area (Å²) in [4.78, 5) is 30.4. The summed E-state index contributed by atoms with van der Waals surface area (Å²) >= 11 is 0. The van der Waals surface area contributed by atoms with Crippen LogP contribution in [0, 0.1) is 0 Å². The highest BCUT2D eigenvalue weighted by molar-refractivity contribution is 6.06. The van der Waals surface area contributed by atoms with Crippen molar-refractivity contribution in [1.82, 2.24) is 10.2 Å². The van der Waals surface area contributed by atoms with E-state index in [0.717, 1.165) is 30.6 Å². The van der Waals surface area contributed by atoms with Crippen molar-refractivity contribution in [2.45, 2.75) is 31.5 Å². The third-order valence-corrected chi connectivity index (χ3v) is 6.60. The van der Waals surface area contributed by atoms with Crippen molar-refractivity contribution < 1.29 is 9.59 Å². The Morgan fingerprint density at radius 1 is 0.812 bits per heavy atom. The van der Waals surface area contributed by atoms with Gasteiger partial charge in [0.15, 0.2) is 0 Å². The number of hydrogen-bond acceptors (Lipinski definition) is 3. The Morgan fingerprint density at radius 3 is 2.22 bits per heavy atom. The van der Waals surface area contributed by atoms with Crippen LogP contribution in [0.2, 0.25) is 0 Å². The molecule has 5 nitrogen and oxygen atoms in total. The maximum Gasteiger partial charge on any atom is 0.258 e. The molecule has 2 amide bonds. The molecule has 0 saturated carbocycles. The van der Waals surface area contributed by atoms with E-state index in [1.165, 1.54) is 0 Å². The number of carbonyl (C=O) groups is 2. The van der Waals surface area contributed by atoms with E-state index in [2.05, 4.69) is 16.3 Å². The Labute approximate surface area is 188 Å². The Morgan fingerprint density at radius 2 is 1.47 bits per heavy atom. The van der Waals surface area contributed by atoms with Gasteiger partial charge in [-0.05, 0) is 48.7 Å². The summed E-state index contributed by atoms with van der Waals surface area (Å²) in [6, 6.07) is 27.6. The van der Waals surface area contributed by atoms with Gasteiger partial charge >= 0.3 is 0 Å². The van der Waals surface area contributed by atoms with Gasteiger partial charge in [-0.2, -0.15) is 0 Å². The van der Waals surface area contributed by atoms with Crippen LogP contribution in [0.15, 0.2) is 84.9 Å². The molecule has 0 bridgehead atoms. The smallest absolute Gasteiger partial charge is 0.258 e. The van der Waals surface area contributed by atoms with Gasteiger partial charge in [0.1, 0.15) is 0 Å². The number of fused-ring (bicyclic) bond motifs is 2. The van der Waals surface area contributed by atoms with Crippen LogP contribution in [0.4, 0.5) is 5.69 Å². The fourth-order valence-corrected chi connectivity index (χ4v) is 4.93. The number of amides is 2. The van der Waals surface area contributed by atoms with Crippen LogP contribution >= 0.6 is 0 Å². The third-order valence-electron chi connectivity index (χ3n) is 6.60. The molecule has 2 aliphatic rings. The number of para-hydroxylation sites is 1. The summed E-state index contributed by atoms with van der Waals surface area (Å²) in [5, 5.41) is 3.12. The van der Waals surface area contributed by atoms with Crippen molar-refractivity contribution >= 4 is 17.5 Å². The first-order chi connectivity index (χ1) is 15.7. The van der Waals surface area contributed by atoms with Crippen LogP contribution in [0.5, 0.6) is 0 Å². The van der Waals surface area contributed by atoms with Crippen LogP contribution in [0.3, 0.4) is 0 Å². The molecule has 162 valence electrons. The van der Waals surface area contributed by atoms with Gasteiger partial charge < -0.3 is 10.2 Å². The highest BCUT2D eigenvalue weighted by Crippen LogP contribution is 2.35. The normalized spacial score (nSPS) is 20.2. The summed E-state index contributed by atoms with van der Waals surface area (Å²) in [6.07, 6.45) is 2.02. The largest absolute Gasteiger partial charge is 0.350 e. The average Bonchev–Trinajstić information content (AvgIpc) is 3.14. The molecular weight excluding hydrogens is 398 g/mol. The minimum Gasteiger partial charge on any atom is -0.350 e. The zero-order valence-electron chi connectivity index (χ0n) is 18.0. The number of anilines is 1. The lowest BCUT2D eigenvalue weighted by Crippen LogP contribution is -2.45. The highest BCUT2D eigenvalue weighted by Gasteiger charge is 2.38. The van der Waals surface area contributed by atoms with E-state index in [0.29, 0.717) is 24.2 Å². The molecule has 1 fully saturated rings. The molecule has 2 aliphatic heterocycles. The number of carbonyl (C=O) groups excluding carboxylic acids is 2. The molecule has 2 unspecified atom stereocenters. The molecule has 0 spiro atoms. The first-order valence-corrected chi connectivity index (χ1v) is 11.2. The van der Waals surface area contributed by atoms with Gasteiger partial charge in [0, 0.05) is 48.5 Å². The summed E-state index contributed by atoms with van der Waals surface area (Å²) in [5.74, 6) is 0.00545. The molecule has 3 aromatic carbocycles. The quantitative estimate of drug-likeness (QED) is 0.685. The average molecular weight is 426 g/mol. The standard InChI is InChI=1S/C27H27N3O2/c31-26(20-9-3-1-4-10-20)28-17-23-15-16-24-19-30(27(32)21-11-5-2-6-12-21)25-14-8-7-13-22(25)18-29(23)24/h1-14,23-24H,15-19H2,(H,28,31). The molecule has 5 heteroatoms. The van der Waals surface area contributed by atoms with Crippen molar-refractivity contribution in [3.63, 3.8) is 0 Å². The Balaban J connectivity index is 1.35. The van der Waals surface area contributed by atoms with Gasteiger partial charge in [-0.25, -0.2) is 0 Å². The van der Waals surface area contributed by atoms with Crippen molar-refractivity contribution in [2.24, 2.45) is 0 Å². The third kappa shape index (κ3) is 4.04. The second-order valence-electron chi connectivity index (χ2n) is 8.54. The number of benzene rings is 3. The Kier molecular flexibility index (Phi) is 5.73. The zero-order valence-corrected chi connectivity index (χ0v) is 18.0. The highest BCUT2D eigenvalue weighted by atomic mass is 16.2. The van der Waals surface area contributed by atoms with E-state index in [4.69, 9.17) is 0 Å². The molecule has 0 aliphatic carbocycles. The van der Waals surface area contributed by atoms with Gasteiger partial charge in [-0.3, -0.25) is 14.5 Å². The maximum atomic E-state index is 13.4. The Hall–Kier alpha value is -3.44. The lowest BCUT2D eigenvalue weighted by atomic mass is 10.1. The summed E-state index contributed by atoms with van der Waals surface area (Å²) in [6.45, 7) is 2.05. The van der Waals surface area contributed by atoms with Crippen molar-refractivity contribution in [2.75, 3.05) is 18.0 Å². The predicted octanol–water partition coefficient (Wildman–Crippen LogP) is 4.11. The summed E-state index contributed by atoms with van der Waals surface area (Å²) in [5.41, 5.74) is 3.53. The molecule has 3 aromatic rings. The minimum atomic E-state index is -0.0369. The monoisotopic (exact) mass is 425 g/mol.